The molecule has 0 aliphatic heterocycles. The molecule has 3 aromatic rings. The normalized spacial score (nSPS) is 11.7. The third-order valence-corrected chi connectivity index (χ3v) is 3.72. The highest BCUT2D eigenvalue weighted by atomic mass is 19.4. The summed E-state index contributed by atoms with van der Waals surface area (Å²) < 4.78 is 38.6. The van der Waals surface area contributed by atoms with E-state index in [2.05, 4.69) is 5.10 Å². The van der Waals surface area contributed by atoms with Gasteiger partial charge in [0.05, 0.1) is 0 Å². The molecule has 0 radical (unpaired) electrons. The molecule has 0 spiro atoms. The third kappa shape index (κ3) is 3.24. The lowest BCUT2D eigenvalue weighted by molar-refractivity contribution is -0.141. The smallest absolute Gasteiger partial charge is 0.314 e. The minimum atomic E-state index is -4.52. The summed E-state index contributed by atoms with van der Waals surface area (Å²) in [6, 6.07) is 14.1. The second kappa shape index (κ2) is 5.99. The van der Waals surface area contributed by atoms with Crippen molar-refractivity contribution in [2.24, 2.45) is 0 Å². The van der Waals surface area contributed by atoms with Gasteiger partial charge >= 0.3 is 6.18 Å². The van der Waals surface area contributed by atoms with Crippen molar-refractivity contribution in [1.29, 1.82) is 0 Å². The summed E-state index contributed by atoms with van der Waals surface area (Å²) in [6.45, 7) is -0.264. The molecule has 24 heavy (non-hydrogen) atoms. The van der Waals surface area contributed by atoms with Crippen LogP contribution in [0.25, 0.3) is 10.8 Å². The summed E-state index contributed by atoms with van der Waals surface area (Å²) in [5.74, 6) is -0.359. The maximum Gasteiger partial charge on any atom is 0.435 e. The monoisotopic (exact) mass is 333 g/mol. The van der Waals surface area contributed by atoms with E-state index in [9.17, 15) is 18.0 Å². The Kier molecular flexibility index (Phi) is 4.01. The Labute approximate surface area is 136 Å². The van der Waals surface area contributed by atoms with Crippen LogP contribution in [0.5, 0.6) is 0 Å². The zero-order valence-corrected chi connectivity index (χ0v) is 12.8. The fourth-order valence-corrected chi connectivity index (χ4v) is 2.37. The minimum absolute atomic E-state index is 0.264. The molecule has 3 rings (SSSR count). The molecule has 0 saturated heterocycles. The van der Waals surface area contributed by atoms with Gasteiger partial charge in [0.2, 0.25) is 5.91 Å². The van der Waals surface area contributed by atoms with E-state index in [0.29, 0.717) is 5.69 Å². The van der Waals surface area contributed by atoms with Crippen LogP contribution in [0.15, 0.2) is 54.7 Å². The van der Waals surface area contributed by atoms with E-state index in [1.165, 1.54) is 4.90 Å². The molecule has 0 bridgehead atoms. The maximum absolute atomic E-state index is 12.5. The molecule has 2 aromatic carbocycles. The molecule has 7 heteroatoms. The Morgan fingerprint density at radius 3 is 2.50 bits per heavy atom. The Morgan fingerprint density at radius 2 is 1.83 bits per heavy atom. The third-order valence-electron chi connectivity index (χ3n) is 3.72. The summed E-state index contributed by atoms with van der Waals surface area (Å²) in [5.41, 5.74) is -0.342. The van der Waals surface area contributed by atoms with Crippen LogP contribution >= 0.6 is 0 Å². The largest absolute Gasteiger partial charge is 0.435 e. The first-order chi connectivity index (χ1) is 11.3. The van der Waals surface area contributed by atoms with Gasteiger partial charge in [0.25, 0.3) is 0 Å². The number of aromatic nitrogens is 2. The number of halogens is 3. The predicted molar refractivity (Wildman–Crippen MR) is 84.6 cm³/mol. The molecule has 0 aliphatic carbocycles. The van der Waals surface area contributed by atoms with Gasteiger partial charge in [0.1, 0.15) is 6.54 Å². The molecule has 0 unspecified atom stereocenters. The highest BCUT2D eigenvalue weighted by Gasteiger charge is 2.33. The van der Waals surface area contributed by atoms with Crippen molar-refractivity contribution in [2.45, 2.75) is 12.7 Å². The molecule has 0 atom stereocenters. The lowest BCUT2D eigenvalue weighted by Gasteiger charge is -2.18. The molecule has 1 aromatic heterocycles. The zero-order chi connectivity index (χ0) is 17.3. The van der Waals surface area contributed by atoms with E-state index in [0.717, 1.165) is 27.7 Å². The SMILES string of the molecule is CN(C(=O)Cn1ccc(C(F)(F)F)n1)c1ccc2ccccc2c1. The molecule has 0 N–H and O–H groups in total. The lowest BCUT2D eigenvalue weighted by atomic mass is 10.1. The van der Waals surface area contributed by atoms with Crippen LogP contribution in [0.4, 0.5) is 18.9 Å². The van der Waals surface area contributed by atoms with Crippen molar-refractivity contribution < 1.29 is 18.0 Å². The number of alkyl halides is 3. The van der Waals surface area contributed by atoms with E-state index < -0.39 is 11.9 Å². The number of carbonyl (C=O) groups excluding carboxylic acids is 1. The first-order valence-corrected chi connectivity index (χ1v) is 7.20. The summed E-state index contributed by atoms with van der Waals surface area (Å²) in [4.78, 5) is 13.7. The Hall–Kier alpha value is -2.83. The summed E-state index contributed by atoms with van der Waals surface area (Å²) in [7, 11) is 1.58. The van der Waals surface area contributed by atoms with Crippen molar-refractivity contribution in [2.75, 3.05) is 11.9 Å². The number of fused-ring (bicyclic) bond motifs is 1. The van der Waals surface area contributed by atoms with Crippen molar-refractivity contribution >= 4 is 22.4 Å². The standard InChI is InChI=1S/C17H14F3N3O/c1-22(14-7-6-12-4-2-3-5-13(12)10-14)16(24)11-23-9-8-15(21-23)17(18,19)20/h2-10H,11H2,1H3. The summed E-state index contributed by atoms with van der Waals surface area (Å²) in [5, 5.41) is 5.42. The quantitative estimate of drug-likeness (QED) is 0.733. The van der Waals surface area contributed by atoms with E-state index in [4.69, 9.17) is 0 Å². The maximum atomic E-state index is 12.5. The average Bonchev–Trinajstić information content (AvgIpc) is 3.02. The number of anilines is 1. The van der Waals surface area contributed by atoms with E-state index in [1.54, 1.807) is 13.1 Å². The molecule has 1 amide bonds. The number of nitrogens with zero attached hydrogens (tertiary/aromatic N) is 3. The molecule has 0 fully saturated rings. The fourth-order valence-electron chi connectivity index (χ4n) is 2.37. The molecule has 0 saturated carbocycles. The van der Waals surface area contributed by atoms with Gasteiger partial charge in [0, 0.05) is 18.9 Å². The second-order valence-electron chi connectivity index (χ2n) is 5.38. The van der Waals surface area contributed by atoms with Gasteiger partial charge < -0.3 is 4.90 Å². The van der Waals surface area contributed by atoms with Crippen LogP contribution < -0.4 is 4.90 Å². The number of likely N-dealkylation sites (N-methyl/N-ethyl adjacent to an activating group) is 1. The first-order valence-electron chi connectivity index (χ1n) is 7.20. The Balaban J connectivity index is 1.77. The topological polar surface area (TPSA) is 38.1 Å². The van der Waals surface area contributed by atoms with E-state index in [1.807, 2.05) is 36.4 Å². The average molecular weight is 333 g/mol. The lowest BCUT2D eigenvalue weighted by Crippen LogP contribution is -2.30. The van der Waals surface area contributed by atoms with E-state index in [-0.39, 0.29) is 12.5 Å². The Morgan fingerprint density at radius 1 is 1.12 bits per heavy atom. The predicted octanol–water partition coefficient (Wildman–Crippen LogP) is 3.72. The number of hydrogen-bond donors (Lipinski definition) is 0. The van der Waals surface area contributed by atoms with Gasteiger partial charge in [-0.1, -0.05) is 30.3 Å². The van der Waals surface area contributed by atoms with Crippen LogP contribution in [0, 0.1) is 0 Å². The summed E-state index contributed by atoms with van der Waals surface area (Å²) in [6.07, 6.45) is -3.37. The molecule has 124 valence electrons. The van der Waals surface area contributed by atoms with Crippen LogP contribution in [0.2, 0.25) is 0 Å². The van der Waals surface area contributed by atoms with Crippen molar-refractivity contribution in [1.82, 2.24) is 9.78 Å². The van der Waals surface area contributed by atoms with Crippen LogP contribution in [0.1, 0.15) is 5.69 Å². The van der Waals surface area contributed by atoms with Gasteiger partial charge in [-0.3, -0.25) is 9.48 Å². The van der Waals surface area contributed by atoms with Gasteiger partial charge in [-0.25, -0.2) is 0 Å². The van der Waals surface area contributed by atoms with Crippen molar-refractivity contribution in [3.63, 3.8) is 0 Å². The molecule has 4 nitrogen and oxygen atoms in total. The van der Waals surface area contributed by atoms with Gasteiger partial charge in [-0.2, -0.15) is 18.3 Å². The zero-order valence-electron chi connectivity index (χ0n) is 12.8. The van der Waals surface area contributed by atoms with Gasteiger partial charge in [0.15, 0.2) is 5.69 Å². The second-order valence-corrected chi connectivity index (χ2v) is 5.38. The Bertz CT molecular complexity index is 886. The fraction of sp³-hybridized carbons (Fsp3) is 0.176. The number of carbonyl (C=O) groups is 1. The van der Waals surface area contributed by atoms with Gasteiger partial charge in [-0.15, -0.1) is 0 Å². The van der Waals surface area contributed by atoms with Crippen LogP contribution in [-0.4, -0.2) is 22.7 Å². The van der Waals surface area contributed by atoms with E-state index >= 15 is 0 Å². The number of benzene rings is 2. The highest BCUT2D eigenvalue weighted by molar-refractivity contribution is 5.95. The molecule has 0 aliphatic rings. The van der Waals surface area contributed by atoms with Crippen LogP contribution in [0.3, 0.4) is 0 Å². The van der Waals surface area contributed by atoms with Crippen molar-refractivity contribution in [3.05, 3.63) is 60.4 Å². The van der Waals surface area contributed by atoms with Gasteiger partial charge in [-0.05, 0) is 29.0 Å². The van der Waals surface area contributed by atoms with Crippen LogP contribution in [-0.2, 0) is 17.5 Å². The minimum Gasteiger partial charge on any atom is -0.314 e. The molecular weight excluding hydrogens is 319 g/mol. The number of amides is 1. The summed E-state index contributed by atoms with van der Waals surface area (Å²) >= 11 is 0. The number of rotatable bonds is 3. The highest BCUT2D eigenvalue weighted by Crippen LogP contribution is 2.27. The molecule has 1 heterocycles. The first kappa shape index (κ1) is 16.0. The number of hydrogen-bond acceptors (Lipinski definition) is 2. The van der Waals surface area contributed by atoms with Crippen molar-refractivity contribution in [3.8, 4) is 0 Å². The molecular formula is C17H14F3N3O.